The van der Waals surface area contributed by atoms with Crippen LogP contribution >= 0.6 is 0 Å². The standard InChI is InChI=1S/C29H21NO3/c31-27(22-15-13-20(14-16-22)12-11-19-7-3-1-4-8-19)23-17-18-24-26(29(33)30-28(24)32)25(23)21-9-5-2-6-10-21/h1-10,13-18H,11-12H2,(H,30,32,33). The van der Waals surface area contributed by atoms with Gasteiger partial charge in [0.15, 0.2) is 5.78 Å². The maximum Gasteiger partial charge on any atom is 0.259 e. The van der Waals surface area contributed by atoms with E-state index in [-0.39, 0.29) is 11.3 Å². The van der Waals surface area contributed by atoms with Crippen molar-refractivity contribution in [1.82, 2.24) is 5.32 Å². The second-order valence-electron chi connectivity index (χ2n) is 8.07. The van der Waals surface area contributed by atoms with E-state index < -0.39 is 11.8 Å². The predicted octanol–water partition coefficient (Wildman–Crippen LogP) is 5.25. The molecule has 160 valence electrons. The van der Waals surface area contributed by atoms with E-state index in [1.165, 1.54) is 5.56 Å². The summed E-state index contributed by atoms with van der Waals surface area (Å²) in [5, 5.41) is 2.34. The Kier molecular flexibility index (Phi) is 5.41. The van der Waals surface area contributed by atoms with Gasteiger partial charge < -0.3 is 0 Å². The molecule has 0 bridgehead atoms. The Bertz CT molecular complexity index is 1360. The summed E-state index contributed by atoms with van der Waals surface area (Å²) < 4.78 is 0. The van der Waals surface area contributed by atoms with E-state index in [1.54, 1.807) is 12.1 Å². The van der Waals surface area contributed by atoms with Crippen molar-refractivity contribution in [3.05, 3.63) is 130 Å². The van der Waals surface area contributed by atoms with Gasteiger partial charge in [-0.05, 0) is 41.7 Å². The van der Waals surface area contributed by atoms with Crippen LogP contribution in [0.15, 0.2) is 97.1 Å². The normalized spacial score (nSPS) is 12.4. The zero-order valence-electron chi connectivity index (χ0n) is 17.9. The van der Waals surface area contributed by atoms with Gasteiger partial charge >= 0.3 is 0 Å². The third-order valence-electron chi connectivity index (χ3n) is 5.97. The van der Waals surface area contributed by atoms with Gasteiger partial charge in [0.1, 0.15) is 0 Å². The molecule has 0 spiro atoms. The highest BCUT2D eigenvalue weighted by Gasteiger charge is 2.32. The van der Waals surface area contributed by atoms with Crippen molar-refractivity contribution in [1.29, 1.82) is 0 Å². The monoisotopic (exact) mass is 431 g/mol. The minimum absolute atomic E-state index is 0.182. The number of aryl methyl sites for hydroxylation is 2. The van der Waals surface area contributed by atoms with Crippen LogP contribution in [-0.2, 0) is 12.8 Å². The van der Waals surface area contributed by atoms with Crippen LogP contribution in [0.3, 0.4) is 0 Å². The minimum Gasteiger partial charge on any atom is -0.289 e. The number of imide groups is 1. The first-order valence-corrected chi connectivity index (χ1v) is 10.9. The summed E-state index contributed by atoms with van der Waals surface area (Å²) >= 11 is 0. The number of nitrogens with one attached hydrogen (secondary N) is 1. The molecule has 4 nitrogen and oxygen atoms in total. The summed E-state index contributed by atoms with van der Waals surface area (Å²) in [5.74, 6) is -1.09. The molecule has 0 saturated heterocycles. The molecule has 4 heteroatoms. The molecule has 1 aliphatic rings. The molecule has 0 fully saturated rings. The number of hydrogen-bond donors (Lipinski definition) is 1. The van der Waals surface area contributed by atoms with Crippen LogP contribution < -0.4 is 5.32 Å². The molecule has 2 amide bonds. The van der Waals surface area contributed by atoms with Gasteiger partial charge in [-0.25, -0.2) is 0 Å². The number of carbonyl (C=O) groups excluding carboxylic acids is 3. The van der Waals surface area contributed by atoms with Gasteiger partial charge in [-0.2, -0.15) is 0 Å². The summed E-state index contributed by atoms with van der Waals surface area (Å²) in [4.78, 5) is 38.3. The lowest BCUT2D eigenvalue weighted by Crippen LogP contribution is -2.20. The predicted molar refractivity (Wildman–Crippen MR) is 127 cm³/mol. The van der Waals surface area contributed by atoms with Crippen molar-refractivity contribution < 1.29 is 14.4 Å². The first-order valence-electron chi connectivity index (χ1n) is 10.9. The summed E-state index contributed by atoms with van der Waals surface area (Å²) in [6.45, 7) is 0. The van der Waals surface area contributed by atoms with Gasteiger partial charge in [0.2, 0.25) is 0 Å². The SMILES string of the molecule is O=C1NC(=O)c2c1ccc(C(=O)c1ccc(CCc3ccccc3)cc1)c2-c1ccccc1. The average molecular weight is 431 g/mol. The van der Waals surface area contributed by atoms with Gasteiger partial charge in [0, 0.05) is 16.7 Å². The van der Waals surface area contributed by atoms with E-state index in [4.69, 9.17) is 0 Å². The summed E-state index contributed by atoms with van der Waals surface area (Å²) in [6, 6.07) is 30.3. The molecule has 0 saturated carbocycles. The Hall–Kier alpha value is -4.31. The first-order chi connectivity index (χ1) is 16.1. The van der Waals surface area contributed by atoms with Crippen LogP contribution in [0, 0.1) is 0 Å². The number of hydrogen-bond acceptors (Lipinski definition) is 3. The van der Waals surface area contributed by atoms with Crippen molar-refractivity contribution in [2.24, 2.45) is 0 Å². The van der Waals surface area contributed by atoms with Crippen LogP contribution in [0.4, 0.5) is 0 Å². The first kappa shape index (κ1) is 20.6. The number of benzene rings is 4. The molecule has 0 unspecified atom stereocenters. The van der Waals surface area contributed by atoms with Crippen molar-refractivity contribution >= 4 is 17.6 Å². The zero-order chi connectivity index (χ0) is 22.8. The van der Waals surface area contributed by atoms with Crippen LogP contribution in [0.5, 0.6) is 0 Å². The molecule has 0 atom stereocenters. The molecule has 4 aromatic carbocycles. The molecule has 0 radical (unpaired) electrons. The second-order valence-corrected chi connectivity index (χ2v) is 8.07. The fraction of sp³-hybridized carbons (Fsp3) is 0.0690. The van der Waals surface area contributed by atoms with Crippen molar-refractivity contribution in [3.63, 3.8) is 0 Å². The third kappa shape index (κ3) is 3.99. The van der Waals surface area contributed by atoms with Crippen LogP contribution in [0.2, 0.25) is 0 Å². The van der Waals surface area contributed by atoms with Gasteiger partial charge in [-0.15, -0.1) is 0 Å². The molecule has 33 heavy (non-hydrogen) atoms. The molecular weight excluding hydrogens is 410 g/mol. The maximum absolute atomic E-state index is 13.5. The number of carbonyl (C=O) groups is 3. The Morgan fingerprint density at radius 1 is 0.606 bits per heavy atom. The van der Waals surface area contributed by atoms with Gasteiger partial charge in [-0.3, -0.25) is 19.7 Å². The topological polar surface area (TPSA) is 63.2 Å². The zero-order valence-corrected chi connectivity index (χ0v) is 17.9. The summed E-state index contributed by atoms with van der Waals surface area (Å²) in [7, 11) is 0. The largest absolute Gasteiger partial charge is 0.289 e. The third-order valence-corrected chi connectivity index (χ3v) is 5.97. The minimum atomic E-state index is -0.472. The van der Waals surface area contributed by atoms with Gasteiger partial charge in [-0.1, -0.05) is 84.9 Å². The van der Waals surface area contributed by atoms with E-state index >= 15 is 0 Å². The molecule has 0 aliphatic carbocycles. The molecular formula is C29H21NO3. The quantitative estimate of drug-likeness (QED) is 0.335. The van der Waals surface area contributed by atoms with Crippen molar-refractivity contribution in [2.75, 3.05) is 0 Å². The highest BCUT2D eigenvalue weighted by Crippen LogP contribution is 2.34. The van der Waals surface area contributed by atoms with Crippen molar-refractivity contribution in [3.8, 4) is 11.1 Å². The second kappa shape index (κ2) is 8.67. The highest BCUT2D eigenvalue weighted by atomic mass is 16.2. The van der Waals surface area contributed by atoms with E-state index in [0.717, 1.165) is 24.0 Å². The van der Waals surface area contributed by atoms with E-state index in [9.17, 15) is 14.4 Å². The number of amides is 2. The average Bonchev–Trinajstić information content (AvgIpc) is 3.16. The Balaban J connectivity index is 1.48. The Morgan fingerprint density at radius 3 is 1.88 bits per heavy atom. The fourth-order valence-electron chi connectivity index (χ4n) is 4.27. The Labute approximate surface area is 191 Å². The molecule has 5 rings (SSSR count). The summed E-state index contributed by atoms with van der Waals surface area (Å²) in [5.41, 5.74) is 5.15. The summed E-state index contributed by atoms with van der Waals surface area (Å²) in [6.07, 6.45) is 1.81. The number of rotatable bonds is 6. The smallest absolute Gasteiger partial charge is 0.259 e. The van der Waals surface area contributed by atoms with E-state index in [2.05, 4.69) is 17.4 Å². The molecule has 1 N–H and O–H groups in total. The lowest BCUT2D eigenvalue weighted by molar-refractivity contribution is 0.0879. The molecule has 4 aromatic rings. The van der Waals surface area contributed by atoms with Gasteiger partial charge in [0.25, 0.3) is 11.8 Å². The molecule has 1 heterocycles. The van der Waals surface area contributed by atoms with Crippen molar-refractivity contribution in [2.45, 2.75) is 12.8 Å². The molecule has 1 aliphatic heterocycles. The van der Waals surface area contributed by atoms with Crippen LogP contribution in [0.1, 0.15) is 47.8 Å². The van der Waals surface area contributed by atoms with Crippen LogP contribution in [-0.4, -0.2) is 17.6 Å². The number of ketones is 1. The number of fused-ring (bicyclic) bond motifs is 1. The van der Waals surface area contributed by atoms with Gasteiger partial charge in [0.05, 0.1) is 11.1 Å². The van der Waals surface area contributed by atoms with E-state index in [1.807, 2.05) is 72.8 Å². The lowest BCUT2D eigenvalue weighted by atomic mass is 9.88. The Morgan fingerprint density at radius 2 is 1.21 bits per heavy atom. The van der Waals surface area contributed by atoms with Crippen LogP contribution in [0.25, 0.3) is 11.1 Å². The fourth-order valence-corrected chi connectivity index (χ4v) is 4.27. The lowest BCUT2D eigenvalue weighted by Gasteiger charge is -2.13. The highest BCUT2D eigenvalue weighted by molar-refractivity contribution is 6.26. The maximum atomic E-state index is 13.5. The molecule has 0 aromatic heterocycles. The van der Waals surface area contributed by atoms with E-state index in [0.29, 0.717) is 22.3 Å².